The van der Waals surface area contributed by atoms with Crippen molar-refractivity contribution in [3.8, 4) is 0 Å². The molecule has 4 N–H and O–H groups in total. The first-order valence-corrected chi connectivity index (χ1v) is 4.93. The Hall–Kier alpha value is -0.610. The number of hydrogen-bond acceptors (Lipinski definition) is 3. The average Bonchev–Trinajstić information content (AvgIpc) is 2.13. The zero-order valence-electron chi connectivity index (χ0n) is 7.83. The Morgan fingerprint density at radius 3 is 2.77 bits per heavy atom. The maximum atomic E-state index is 11.2. The number of nitrogens with two attached hydrogens (primary N) is 1. The standard InChI is InChI=1S/C9H18N2O2/c10-7-5-3-1-2-4-6-11-9(13)8(7)12/h7-8,12H,1-6,10H2,(H,11,13)/t7-,8?/m0/s1. The van der Waals surface area contributed by atoms with Crippen LogP contribution in [-0.4, -0.2) is 29.7 Å². The van der Waals surface area contributed by atoms with E-state index in [0.29, 0.717) is 6.54 Å². The molecule has 4 heteroatoms. The van der Waals surface area contributed by atoms with E-state index in [0.717, 1.165) is 32.1 Å². The van der Waals surface area contributed by atoms with Gasteiger partial charge in [0.05, 0.1) is 0 Å². The molecule has 13 heavy (non-hydrogen) atoms. The smallest absolute Gasteiger partial charge is 0.250 e. The van der Waals surface area contributed by atoms with Crippen LogP contribution in [0.1, 0.15) is 32.1 Å². The number of amides is 1. The van der Waals surface area contributed by atoms with E-state index in [1.807, 2.05) is 0 Å². The lowest BCUT2D eigenvalue weighted by Gasteiger charge is -2.19. The van der Waals surface area contributed by atoms with Gasteiger partial charge < -0.3 is 16.2 Å². The highest BCUT2D eigenvalue weighted by Gasteiger charge is 2.22. The predicted molar refractivity (Wildman–Crippen MR) is 50.1 cm³/mol. The number of aliphatic hydroxyl groups is 1. The number of carbonyl (C=O) groups is 1. The number of aliphatic hydroxyl groups excluding tert-OH is 1. The van der Waals surface area contributed by atoms with Gasteiger partial charge in [-0.15, -0.1) is 0 Å². The number of hydrogen-bond donors (Lipinski definition) is 3. The minimum Gasteiger partial charge on any atom is -0.382 e. The number of nitrogens with one attached hydrogen (secondary N) is 1. The fourth-order valence-corrected chi connectivity index (χ4v) is 1.53. The lowest BCUT2D eigenvalue weighted by atomic mass is 10.0. The molecule has 1 aliphatic heterocycles. The maximum absolute atomic E-state index is 11.2. The zero-order chi connectivity index (χ0) is 9.68. The summed E-state index contributed by atoms with van der Waals surface area (Å²) in [6.45, 7) is 0.655. The summed E-state index contributed by atoms with van der Waals surface area (Å²) in [5.41, 5.74) is 5.65. The number of carbonyl (C=O) groups excluding carboxylic acids is 1. The molecule has 0 spiro atoms. The van der Waals surface area contributed by atoms with Crippen molar-refractivity contribution in [2.75, 3.05) is 6.54 Å². The van der Waals surface area contributed by atoms with Gasteiger partial charge in [0.2, 0.25) is 5.91 Å². The van der Waals surface area contributed by atoms with Crippen molar-refractivity contribution >= 4 is 5.91 Å². The Kier molecular flexibility index (Phi) is 4.18. The van der Waals surface area contributed by atoms with Crippen molar-refractivity contribution in [3.05, 3.63) is 0 Å². The fourth-order valence-electron chi connectivity index (χ4n) is 1.53. The van der Waals surface area contributed by atoms with Gasteiger partial charge in [0, 0.05) is 12.6 Å². The Morgan fingerprint density at radius 1 is 1.31 bits per heavy atom. The lowest BCUT2D eigenvalue weighted by Crippen LogP contribution is -2.46. The van der Waals surface area contributed by atoms with Crippen molar-refractivity contribution in [2.45, 2.75) is 44.2 Å². The highest BCUT2D eigenvalue weighted by atomic mass is 16.3. The summed E-state index contributed by atoms with van der Waals surface area (Å²) in [5, 5.41) is 12.1. The summed E-state index contributed by atoms with van der Waals surface area (Å²) in [5.74, 6) is -0.325. The van der Waals surface area contributed by atoms with Crippen molar-refractivity contribution in [1.82, 2.24) is 5.32 Å². The molecule has 4 nitrogen and oxygen atoms in total. The second-order valence-electron chi connectivity index (χ2n) is 3.60. The van der Waals surface area contributed by atoms with Crippen LogP contribution in [0.2, 0.25) is 0 Å². The van der Waals surface area contributed by atoms with E-state index >= 15 is 0 Å². The van der Waals surface area contributed by atoms with Gasteiger partial charge in [0.25, 0.3) is 0 Å². The van der Waals surface area contributed by atoms with Crippen molar-refractivity contribution in [3.63, 3.8) is 0 Å². The van der Waals surface area contributed by atoms with Gasteiger partial charge in [0.1, 0.15) is 6.10 Å². The van der Waals surface area contributed by atoms with Crippen LogP contribution in [0.15, 0.2) is 0 Å². The van der Waals surface area contributed by atoms with Crippen LogP contribution in [0.5, 0.6) is 0 Å². The molecule has 1 aliphatic rings. The molecule has 1 rings (SSSR count). The van der Waals surface area contributed by atoms with Gasteiger partial charge in [0.15, 0.2) is 0 Å². The van der Waals surface area contributed by atoms with E-state index < -0.39 is 12.1 Å². The average molecular weight is 186 g/mol. The third-order valence-corrected chi connectivity index (χ3v) is 2.44. The second-order valence-corrected chi connectivity index (χ2v) is 3.60. The molecule has 0 aromatic rings. The first-order chi connectivity index (χ1) is 6.22. The molecule has 2 atom stereocenters. The van der Waals surface area contributed by atoms with Crippen molar-refractivity contribution in [2.24, 2.45) is 5.73 Å². The minimum atomic E-state index is -1.03. The first-order valence-electron chi connectivity index (χ1n) is 4.93. The van der Waals surface area contributed by atoms with E-state index in [4.69, 9.17) is 5.73 Å². The SMILES string of the molecule is N[C@H]1CCCCCCNC(=O)C1O. The van der Waals surface area contributed by atoms with Crippen molar-refractivity contribution in [1.29, 1.82) is 0 Å². The molecule has 0 aromatic heterocycles. The van der Waals surface area contributed by atoms with Crippen LogP contribution in [0.25, 0.3) is 0 Å². The molecule has 76 valence electrons. The molecule has 1 amide bonds. The highest BCUT2D eigenvalue weighted by molar-refractivity contribution is 5.81. The third-order valence-electron chi connectivity index (χ3n) is 2.44. The van der Waals surface area contributed by atoms with Crippen LogP contribution in [0.3, 0.4) is 0 Å². The Labute approximate surface area is 78.5 Å². The van der Waals surface area contributed by atoms with Crippen molar-refractivity contribution < 1.29 is 9.90 Å². The van der Waals surface area contributed by atoms with E-state index in [-0.39, 0.29) is 5.91 Å². The molecule has 0 aromatic carbocycles. The van der Waals surface area contributed by atoms with Crippen LogP contribution < -0.4 is 11.1 Å². The molecule has 0 radical (unpaired) electrons. The molecular weight excluding hydrogens is 168 g/mol. The third kappa shape index (κ3) is 3.32. The molecule has 0 saturated carbocycles. The molecule has 1 fully saturated rings. The topological polar surface area (TPSA) is 75.3 Å². The van der Waals surface area contributed by atoms with Gasteiger partial charge in [-0.2, -0.15) is 0 Å². The molecular formula is C9H18N2O2. The Morgan fingerprint density at radius 2 is 2.00 bits per heavy atom. The molecule has 1 heterocycles. The van der Waals surface area contributed by atoms with Gasteiger partial charge in [-0.1, -0.05) is 19.3 Å². The number of rotatable bonds is 0. The fraction of sp³-hybridized carbons (Fsp3) is 0.889. The largest absolute Gasteiger partial charge is 0.382 e. The normalized spacial score (nSPS) is 32.3. The lowest BCUT2D eigenvalue weighted by molar-refractivity contribution is -0.130. The minimum absolute atomic E-state index is 0.325. The summed E-state index contributed by atoms with van der Waals surface area (Å²) < 4.78 is 0. The van der Waals surface area contributed by atoms with E-state index in [9.17, 15) is 9.90 Å². The zero-order valence-corrected chi connectivity index (χ0v) is 7.83. The first kappa shape index (κ1) is 10.5. The van der Waals surface area contributed by atoms with Gasteiger partial charge >= 0.3 is 0 Å². The van der Waals surface area contributed by atoms with Gasteiger partial charge in [-0.25, -0.2) is 0 Å². The van der Waals surface area contributed by atoms with E-state index in [1.54, 1.807) is 0 Å². The monoisotopic (exact) mass is 186 g/mol. The molecule has 1 unspecified atom stereocenters. The van der Waals surface area contributed by atoms with Gasteiger partial charge in [-0.3, -0.25) is 4.79 Å². The van der Waals surface area contributed by atoms with Crippen LogP contribution in [0.4, 0.5) is 0 Å². The quantitative estimate of drug-likeness (QED) is 0.488. The summed E-state index contributed by atoms with van der Waals surface area (Å²) in [6, 6.07) is -0.405. The van der Waals surface area contributed by atoms with Crippen LogP contribution in [-0.2, 0) is 4.79 Å². The maximum Gasteiger partial charge on any atom is 0.250 e. The van der Waals surface area contributed by atoms with Gasteiger partial charge in [-0.05, 0) is 12.8 Å². The van der Waals surface area contributed by atoms with Crippen LogP contribution in [0, 0.1) is 0 Å². The summed E-state index contributed by atoms with van der Waals surface area (Å²) in [6.07, 6.45) is 3.96. The Balaban J connectivity index is 2.45. The molecule has 1 saturated heterocycles. The second kappa shape index (κ2) is 5.19. The summed E-state index contributed by atoms with van der Waals surface area (Å²) in [7, 11) is 0. The predicted octanol–water partition coefficient (Wildman–Crippen LogP) is -0.245. The van der Waals surface area contributed by atoms with Crippen LogP contribution >= 0.6 is 0 Å². The van der Waals surface area contributed by atoms with E-state index in [2.05, 4.69) is 5.32 Å². The summed E-state index contributed by atoms with van der Waals surface area (Å²) >= 11 is 0. The highest BCUT2D eigenvalue weighted by Crippen LogP contribution is 2.08. The molecule has 0 aliphatic carbocycles. The summed E-state index contributed by atoms with van der Waals surface area (Å²) in [4.78, 5) is 11.2. The Bertz CT molecular complexity index is 173. The van der Waals surface area contributed by atoms with E-state index in [1.165, 1.54) is 0 Å². The molecule has 0 bridgehead atoms.